The third kappa shape index (κ3) is 4.24. The van der Waals surface area contributed by atoms with Crippen LogP contribution in [0.3, 0.4) is 0 Å². The molecule has 4 nitrogen and oxygen atoms in total. The Morgan fingerprint density at radius 3 is 2.42 bits per heavy atom. The number of hydrogen-bond donors (Lipinski definition) is 1. The molecule has 1 heterocycles. The summed E-state index contributed by atoms with van der Waals surface area (Å²) in [5, 5.41) is 13.7. The van der Waals surface area contributed by atoms with E-state index in [9.17, 15) is 4.79 Å². The smallest absolute Gasteiger partial charge is 0.257 e. The Hall–Kier alpha value is -1.66. The van der Waals surface area contributed by atoms with Crippen LogP contribution in [0.25, 0.3) is 0 Å². The van der Waals surface area contributed by atoms with E-state index in [2.05, 4.69) is 15.5 Å². The minimum absolute atomic E-state index is 0.265. The molecule has 0 unspecified atom stereocenters. The number of anilines is 1. The number of amides is 1. The summed E-state index contributed by atoms with van der Waals surface area (Å²) in [6.45, 7) is 0. The fraction of sp³-hybridized carbons (Fsp3) is 0.0625. The van der Waals surface area contributed by atoms with Crippen molar-refractivity contribution in [3.63, 3.8) is 0 Å². The van der Waals surface area contributed by atoms with Crippen LogP contribution in [0, 0.1) is 0 Å². The molecule has 0 atom stereocenters. The first-order valence-corrected chi connectivity index (χ1v) is 8.79. The summed E-state index contributed by atoms with van der Waals surface area (Å²) >= 11 is 19.1. The molecule has 1 amide bonds. The highest BCUT2D eigenvalue weighted by Crippen LogP contribution is 2.25. The lowest BCUT2D eigenvalue weighted by atomic mass is 10.2. The van der Waals surface area contributed by atoms with Crippen molar-refractivity contribution in [1.29, 1.82) is 0 Å². The summed E-state index contributed by atoms with van der Waals surface area (Å²) in [5.74, 6) is -0.265. The lowest BCUT2D eigenvalue weighted by Crippen LogP contribution is -2.11. The van der Waals surface area contributed by atoms with Gasteiger partial charge in [-0.3, -0.25) is 10.1 Å². The van der Waals surface area contributed by atoms with Gasteiger partial charge in [-0.2, -0.15) is 0 Å². The Balaban J connectivity index is 1.69. The monoisotopic (exact) mass is 397 g/mol. The minimum atomic E-state index is -0.265. The number of benzene rings is 2. The summed E-state index contributed by atoms with van der Waals surface area (Å²) < 4.78 is 0. The maximum absolute atomic E-state index is 12.1. The van der Waals surface area contributed by atoms with Crippen LogP contribution >= 0.6 is 46.1 Å². The van der Waals surface area contributed by atoms with Gasteiger partial charge in [0.2, 0.25) is 5.13 Å². The molecule has 1 N–H and O–H groups in total. The summed E-state index contributed by atoms with van der Waals surface area (Å²) in [7, 11) is 0. The van der Waals surface area contributed by atoms with Crippen molar-refractivity contribution in [2.45, 2.75) is 6.42 Å². The van der Waals surface area contributed by atoms with Gasteiger partial charge in [0, 0.05) is 27.1 Å². The zero-order chi connectivity index (χ0) is 17.1. The van der Waals surface area contributed by atoms with Crippen LogP contribution in [-0.2, 0) is 6.42 Å². The normalized spacial score (nSPS) is 10.6. The maximum atomic E-state index is 12.1. The van der Waals surface area contributed by atoms with Gasteiger partial charge in [-0.1, -0.05) is 52.2 Å². The number of carbonyl (C=O) groups excluding carboxylic acids is 1. The molecule has 24 heavy (non-hydrogen) atoms. The van der Waals surface area contributed by atoms with Crippen molar-refractivity contribution in [1.82, 2.24) is 10.2 Å². The first-order chi connectivity index (χ1) is 11.5. The highest BCUT2D eigenvalue weighted by molar-refractivity contribution is 7.15. The summed E-state index contributed by atoms with van der Waals surface area (Å²) in [4.78, 5) is 12.1. The van der Waals surface area contributed by atoms with Gasteiger partial charge in [0.25, 0.3) is 5.91 Å². The third-order valence-electron chi connectivity index (χ3n) is 3.15. The number of nitrogens with zero attached hydrogens (tertiary/aromatic N) is 2. The highest BCUT2D eigenvalue weighted by Gasteiger charge is 2.12. The molecule has 1 aromatic heterocycles. The second kappa shape index (κ2) is 7.49. The van der Waals surface area contributed by atoms with E-state index < -0.39 is 0 Å². The van der Waals surface area contributed by atoms with Crippen molar-refractivity contribution in [2.24, 2.45) is 0 Å². The van der Waals surface area contributed by atoms with E-state index >= 15 is 0 Å². The van der Waals surface area contributed by atoms with Gasteiger partial charge in [0.15, 0.2) is 0 Å². The second-order valence-corrected chi connectivity index (χ2v) is 7.22. The zero-order valence-electron chi connectivity index (χ0n) is 12.1. The molecule has 0 fully saturated rings. The predicted octanol–water partition coefficient (Wildman–Crippen LogP) is 5.34. The van der Waals surface area contributed by atoms with Gasteiger partial charge in [-0.05, 0) is 42.0 Å². The molecular formula is C16H10Cl3N3OS. The Bertz CT molecular complexity index is 881. The van der Waals surface area contributed by atoms with Crippen LogP contribution in [0.5, 0.6) is 0 Å². The third-order valence-corrected chi connectivity index (χ3v) is 4.83. The number of hydrogen-bond acceptors (Lipinski definition) is 4. The van der Waals surface area contributed by atoms with Crippen LogP contribution in [0.2, 0.25) is 15.1 Å². The van der Waals surface area contributed by atoms with Crippen LogP contribution in [0.15, 0.2) is 42.5 Å². The number of nitrogens with one attached hydrogen (secondary N) is 1. The fourth-order valence-electron chi connectivity index (χ4n) is 1.97. The van der Waals surface area contributed by atoms with E-state index in [1.54, 1.807) is 36.4 Å². The van der Waals surface area contributed by atoms with E-state index in [4.69, 9.17) is 34.8 Å². The Morgan fingerprint density at radius 2 is 1.71 bits per heavy atom. The van der Waals surface area contributed by atoms with Crippen LogP contribution in [-0.4, -0.2) is 16.1 Å². The highest BCUT2D eigenvalue weighted by atomic mass is 35.5. The molecule has 0 aliphatic heterocycles. The molecule has 0 bridgehead atoms. The molecule has 0 saturated heterocycles. The number of carbonyl (C=O) groups is 1. The largest absolute Gasteiger partial charge is 0.296 e. The van der Waals surface area contributed by atoms with Crippen molar-refractivity contribution >= 4 is 57.2 Å². The number of aromatic nitrogens is 2. The van der Waals surface area contributed by atoms with Crippen LogP contribution < -0.4 is 5.32 Å². The van der Waals surface area contributed by atoms with Crippen molar-refractivity contribution in [3.05, 3.63) is 73.7 Å². The SMILES string of the molecule is O=C(Nc1nnc(Cc2ccc(Cl)cc2Cl)s1)c1ccc(Cl)cc1. The quantitative estimate of drug-likeness (QED) is 0.645. The summed E-state index contributed by atoms with van der Waals surface area (Å²) in [6, 6.07) is 11.9. The maximum Gasteiger partial charge on any atom is 0.257 e. The van der Waals surface area contributed by atoms with Gasteiger partial charge in [0.05, 0.1) is 0 Å². The zero-order valence-corrected chi connectivity index (χ0v) is 15.2. The Morgan fingerprint density at radius 1 is 1.00 bits per heavy atom. The lowest BCUT2D eigenvalue weighted by Gasteiger charge is -2.02. The Labute approximate surface area is 157 Å². The first-order valence-electron chi connectivity index (χ1n) is 6.84. The summed E-state index contributed by atoms with van der Waals surface area (Å²) in [6.07, 6.45) is 0.518. The Kier molecular flexibility index (Phi) is 5.36. The van der Waals surface area contributed by atoms with Crippen molar-refractivity contribution in [3.8, 4) is 0 Å². The van der Waals surface area contributed by atoms with Gasteiger partial charge in [-0.25, -0.2) is 0 Å². The minimum Gasteiger partial charge on any atom is -0.296 e. The number of rotatable bonds is 4. The van der Waals surface area contributed by atoms with Gasteiger partial charge in [0.1, 0.15) is 5.01 Å². The van der Waals surface area contributed by atoms with E-state index in [-0.39, 0.29) is 5.91 Å². The molecule has 3 aromatic rings. The molecule has 0 radical (unpaired) electrons. The second-order valence-electron chi connectivity index (χ2n) is 4.87. The first kappa shape index (κ1) is 17.2. The lowest BCUT2D eigenvalue weighted by molar-refractivity contribution is 0.102. The topological polar surface area (TPSA) is 54.9 Å². The van der Waals surface area contributed by atoms with Crippen LogP contribution in [0.1, 0.15) is 20.9 Å². The van der Waals surface area contributed by atoms with Crippen molar-refractivity contribution in [2.75, 3.05) is 5.32 Å². The van der Waals surface area contributed by atoms with Gasteiger partial charge in [-0.15, -0.1) is 10.2 Å². The van der Waals surface area contributed by atoms with E-state index in [1.807, 2.05) is 6.07 Å². The van der Waals surface area contributed by atoms with E-state index in [1.165, 1.54) is 11.3 Å². The molecule has 0 aliphatic carbocycles. The molecule has 122 valence electrons. The fourth-order valence-corrected chi connectivity index (χ4v) is 3.33. The molecule has 2 aromatic carbocycles. The number of halogens is 3. The standard InChI is InChI=1S/C16H10Cl3N3OS/c17-11-4-1-9(2-5-11)15(23)20-16-22-21-14(24-16)7-10-3-6-12(18)8-13(10)19/h1-6,8H,7H2,(H,20,22,23). The van der Waals surface area contributed by atoms with Gasteiger partial charge < -0.3 is 0 Å². The molecule has 0 saturated carbocycles. The molecule has 0 aliphatic rings. The molecule has 0 spiro atoms. The predicted molar refractivity (Wildman–Crippen MR) is 98.6 cm³/mol. The van der Waals surface area contributed by atoms with E-state index in [0.29, 0.717) is 32.2 Å². The average molecular weight is 399 g/mol. The van der Waals surface area contributed by atoms with E-state index in [0.717, 1.165) is 10.6 Å². The van der Waals surface area contributed by atoms with Crippen molar-refractivity contribution < 1.29 is 4.79 Å². The molecule has 8 heteroatoms. The average Bonchev–Trinajstić information content (AvgIpc) is 2.98. The molecular weight excluding hydrogens is 389 g/mol. The van der Waals surface area contributed by atoms with Crippen LogP contribution in [0.4, 0.5) is 5.13 Å². The van der Waals surface area contributed by atoms with Gasteiger partial charge >= 0.3 is 0 Å². The summed E-state index contributed by atoms with van der Waals surface area (Å²) in [5.41, 5.74) is 1.39. The molecule has 3 rings (SSSR count).